The molecule has 0 radical (unpaired) electrons. The van der Waals surface area contributed by atoms with E-state index in [4.69, 9.17) is 0 Å². The molecule has 1 heterocycles. The summed E-state index contributed by atoms with van der Waals surface area (Å²) in [7, 11) is 0. The van der Waals surface area contributed by atoms with Crippen molar-refractivity contribution in [1.29, 1.82) is 0 Å². The van der Waals surface area contributed by atoms with E-state index < -0.39 is 0 Å². The summed E-state index contributed by atoms with van der Waals surface area (Å²) in [5.74, 6) is -0.377. The predicted molar refractivity (Wildman–Crippen MR) is 97.3 cm³/mol. The molecule has 0 saturated carbocycles. The third kappa shape index (κ3) is 6.65. The van der Waals surface area contributed by atoms with Crippen molar-refractivity contribution in [3.63, 3.8) is 0 Å². The molecule has 1 aromatic carbocycles. The summed E-state index contributed by atoms with van der Waals surface area (Å²) in [6, 6.07) is 9.04. The van der Waals surface area contributed by atoms with E-state index in [-0.39, 0.29) is 17.7 Å². The molecule has 0 N–H and O–H groups in total. The molecule has 0 aromatic heterocycles. The minimum Gasteiger partial charge on any atom is -0.274 e. The van der Waals surface area contributed by atoms with Gasteiger partial charge in [-0.15, -0.1) is 0 Å². The molecular formula is C18H29NO2S. The Hall–Kier alpha value is -1.29. The molecule has 0 bridgehead atoms. The number of carbonyl (C=O) groups is 2. The van der Waals surface area contributed by atoms with Crippen LogP contribution < -0.4 is 4.90 Å². The van der Waals surface area contributed by atoms with Crippen molar-refractivity contribution in [2.24, 2.45) is 5.92 Å². The molecule has 0 spiro atoms. The van der Waals surface area contributed by atoms with Crippen LogP contribution in [0.15, 0.2) is 30.3 Å². The predicted octanol–water partition coefficient (Wildman–Crippen LogP) is 4.76. The number of hydrogen-bond donors (Lipinski definition) is 0. The fourth-order valence-corrected chi connectivity index (χ4v) is 1.63. The number of carbonyl (C=O) groups excluding carboxylic acids is 2. The van der Waals surface area contributed by atoms with Gasteiger partial charge in [-0.1, -0.05) is 59.7 Å². The van der Waals surface area contributed by atoms with Gasteiger partial charge in [0, 0.05) is 17.1 Å². The molecule has 4 heteroatoms. The van der Waals surface area contributed by atoms with Crippen molar-refractivity contribution in [1.82, 2.24) is 0 Å². The molecule has 22 heavy (non-hydrogen) atoms. The Morgan fingerprint density at radius 3 is 1.86 bits per heavy atom. The lowest BCUT2D eigenvalue weighted by Crippen LogP contribution is -2.29. The lowest BCUT2D eigenvalue weighted by Gasteiger charge is -2.13. The fraction of sp³-hybridized carbons (Fsp3) is 0.556. The van der Waals surface area contributed by atoms with Gasteiger partial charge in [0.15, 0.2) is 0 Å². The van der Waals surface area contributed by atoms with Gasteiger partial charge in [0.2, 0.25) is 11.8 Å². The lowest BCUT2D eigenvalue weighted by molar-refractivity contribution is -0.122. The van der Waals surface area contributed by atoms with Crippen LogP contribution in [0.25, 0.3) is 0 Å². The van der Waals surface area contributed by atoms with Crippen molar-refractivity contribution < 1.29 is 9.59 Å². The standard InChI is InChI=1S/C11H11NO2.C5H12S.C2H6/c1-8-7-10(13)12(11(8)14)9-5-3-2-4-6-9;1-5(2,3)6-4;1-2/h2-6,8H,7H2,1H3;1-4H3;1-2H3. The number of amides is 2. The largest absolute Gasteiger partial charge is 0.274 e. The van der Waals surface area contributed by atoms with Crippen LogP contribution in [0.4, 0.5) is 5.69 Å². The van der Waals surface area contributed by atoms with E-state index in [1.807, 2.05) is 43.8 Å². The highest BCUT2D eigenvalue weighted by molar-refractivity contribution is 7.99. The van der Waals surface area contributed by atoms with Gasteiger partial charge in [-0.2, -0.15) is 11.8 Å². The SMILES string of the molecule is CC.CC1CC(=O)N(c2ccccc2)C1=O.CSC(C)(C)C. The molecule has 1 fully saturated rings. The van der Waals surface area contributed by atoms with Gasteiger partial charge in [-0.25, -0.2) is 0 Å². The van der Waals surface area contributed by atoms with Crippen molar-refractivity contribution in [3.8, 4) is 0 Å². The Balaban J connectivity index is 0.000000470. The number of benzene rings is 1. The van der Waals surface area contributed by atoms with Crippen LogP contribution in [0.3, 0.4) is 0 Å². The molecule has 1 aliphatic rings. The number of nitrogens with zero attached hydrogens (tertiary/aromatic N) is 1. The van der Waals surface area contributed by atoms with E-state index in [0.717, 1.165) is 0 Å². The van der Waals surface area contributed by atoms with Gasteiger partial charge in [0.05, 0.1) is 5.69 Å². The Labute approximate surface area is 139 Å². The first kappa shape index (κ1) is 20.7. The summed E-state index contributed by atoms with van der Waals surface area (Å²) in [5.41, 5.74) is 0.673. The molecule has 1 aliphatic heterocycles. The Morgan fingerprint density at radius 2 is 1.55 bits per heavy atom. The quantitative estimate of drug-likeness (QED) is 0.699. The van der Waals surface area contributed by atoms with E-state index in [2.05, 4.69) is 27.0 Å². The van der Waals surface area contributed by atoms with Crippen molar-refractivity contribution in [3.05, 3.63) is 30.3 Å². The number of para-hydroxylation sites is 1. The normalized spacial score (nSPS) is 17.4. The Bertz CT molecular complexity index is 466. The molecule has 124 valence electrons. The van der Waals surface area contributed by atoms with E-state index in [0.29, 0.717) is 16.9 Å². The molecular weight excluding hydrogens is 294 g/mol. The molecule has 0 aliphatic carbocycles. The number of hydrogen-bond acceptors (Lipinski definition) is 3. The van der Waals surface area contributed by atoms with Crippen molar-refractivity contribution in [2.75, 3.05) is 11.2 Å². The Morgan fingerprint density at radius 1 is 1.09 bits per heavy atom. The van der Waals surface area contributed by atoms with E-state index in [9.17, 15) is 9.59 Å². The summed E-state index contributed by atoms with van der Waals surface area (Å²) < 4.78 is 0.458. The van der Waals surface area contributed by atoms with Gasteiger partial charge >= 0.3 is 0 Å². The monoisotopic (exact) mass is 323 g/mol. The van der Waals surface area contributed by atoms with E-state index in [1.54, 1.807) is 19.1 Å². The molecule has 1 atom stereocenters. The smallest absolute Gasteiger partial charge is 0.237 e. The van der Waals surface area contributed by atoms with E-state index >= 15 is 0 Å². The van der Waals surface area contributed by atoms with Crippen LogP contribution in [0.2, 0.25) is 0 Å². The van der Waals surface area contributed by atoms with Crippen LogP contribution in [-0.2, 0) is 9.59 Å². The van der Waals surface area contributed by atoms with Gasteiger partial charge in [-0.05, 0) is 18.4 Å². The van der Waals surface area contributed by atoms with Crippen LogP contribution in [-0.4, -0.2) is 22.8 Å². The van der Waals surface area contributed by atoms with Crippen LogP contribution >= 0.6 is 11.8 Å². The molecule has 1 unspecified atom stereocenters. The van der Waals surface area contributed by atoms with Crippen LogP contribution in [0.1, 0.15) is 48.0 Å². The van der Waals surface area contributed by atoms with Crippen LogP contribution in [0.5, 0.6) is 0 Å². The zero-order chi connectivity index (χ0) is 17.3. The summed E-state index contributed by atoms with van der Waals surface area (Å²) in [5, 5.41) is 0. The average Bonchev–Trinajstić information content (AvgIpc) is 2.75. The molecule has 1 saturated heterocycles. The highest BCUT2D eigenvalue weighted by Crippen LogP contribution is 2.25. The van der Waals surface area contributed by atoms with Gasteiger partial charge in [0.1, 0.15) is 0 Å². The van der Waals surface area contributed by atoms with Crippen LogP contribution in [0, 0.1) is 5.92 Å². The summed E-state index contributed by atoms with van der Waals surface area (Å²) in [6.07, 6.45) is 2.45. The molecule has 2 amide bonds. The molecule has 1 aromatic rings. The zero-order valence-electron chi connectivity index (χ0n) is 14.8. The second-order valence-corrected chi connectivity index (χ2v) is 7.46. The highest BCUT2D eigenvalue weighted by atomic mass is 32.2. The van der Waals surface area contributed by atoms with Crippen molar-refractivity contribution in [2.45, 2.75) is 52.7 Å². The third-order valence-corrected chi connectivity index (χ3v) is 4.22. The van der Waals surface area contributed by atoms with Crippen molar-refractivity contribution >= 4 is 29.3 Å². The topological polar surface area (TPSA) is 37.4 Å². The van der Waals surface area contributed by atoms with Gasteiger partial charge in [-0.3, -0.25) is 14.5 Å². The Kier molecular flexibility index (Phi) is 9.10. The number of rotatable bonds is 1. The van der Waals surface area contributed by atoms with Gasteiger partial charge in [0.25, 0.3) is 0 Å². The zero-order valence-corrected chi connectivity index (χ0v) is 15.7. The summed E-state index contributed by atoms with van der Waals surface area (Å²) >= 11 is 1.88. The van der Waals surface area contributed by atoms with E-state index in [1.165, 1.54) is 4.90 Å². The maximum Gasteiger partial charge on any atom is 0.237 e. The molecule has 3 nitrogen and oxygen atoms in total. The number of anilines is 1. The van der Waals surface area contributed by atoms with Gasteiger partial charge < -0.3 is 0 Å². The third-order valence-electron chi connectivity index (χ3n) is 3.00. The second kappa shape index (κ2) is 9.67. The average molecular weight is 324 g/mol. The maximum atomic E-state index is 11.6. The summed E-state index contributed by atoms with van der Waals surface area (Å²) in [4.78, 5) is 24.4. The second-order valence-electron chi connectivity index (χ2n) is 5.82. The first-order chi connectivity index (χ1) is 10.3. The first-order valence-corrected chi connectivity index (χ1v) is 8.95. The lowest BCUT2D eigenvalue weighted by atomic mass is 10.1. The maximum absolute atomic E-state index is 11.6. The first-order valence-electron chi connectivity index (χ1n) is 7.73. The molecule has 2 rings (SSSR count). The highest BCUT2D eigenvalue weighted by Gasteiger charge is 2.36. The number of thioether (sulfide) groups is 1. The summed E-state index contributed by atoms with van der Waals surface area (Å²) in [6.45, 7) is 12.4. The minimum absolute atomic E-state index is 0.0961. The fourth-order valence-electron chi connectivity index (χ4n) is 1.63. The number of imide groups is 1. The minimum atomic E-state index is -0.178.